The highest BCUT2D eigenvalue weighted by Crippen LogP contribution is 2.43. The summed E-state index contributed by atoms with van der Waals surface area (Å²) in [6.07, 6.45) is -3.51. The zero-order valence-electron chi connectivity index (χ0n) is 9.61. The molecule has 3 atom stereocenters. The van der Waals surface area contributed by atoms with Gasteiger partial charge in [-0.05, 0) is 30.6 Å². The Balaban J connectivity index is 2.02. The van der Waals surface area contributed by atoms with E-state index in [-0.39, 0.29) is 37.3 Å². The normalized spacial score (nSPS) is 31.5. The minimum atomic E-state index is -4.83. The van der Waals surface area contributed by atoms with Crippen molar-refractivity contribution >= 4 is 11.9 Å². The molecule has 0 aromatic carbocycles. The van der Waals surface area contributed by atoms with Gasteiger partial charge >= 0.3 is 18.1 Å². The van der Waals surface area contributed by atoms with E-state index in [2.05, 4.69) is 0 Å². The summed E-state index contributed by atoms with van der Waals surface area (Å²) in [5.74, 6) is -2.92. The molecule has 4 nitrogen and oxygen atoms in total. The first kappa shape index (κ1) is 13.2. The lowest BCUT2D eigenvalue weighted by molar-refractivity contribution is -0.187. The van der Waals surface area contributed by atoms with Gasteiger partial charge in [0.1, 0.15) is 0 Å². The van der Waals surface area contributed by atoms with Crippen LogP contribution in [0.2, 0.25) is 0 Å². The smallest absolute Gasteiger partial charge is 0.471 e. The Bertz CT molecular complexity index is 369. The molecule has 2 aliphatic rings. The Morgan fingerprint density at radius 1 is 1.22 bits per heavy atom. The van der Waals surface area contributed by atoms with Gasteiger partial charge in [0.25, 0.3) is 0 Å². The molecule has 1 aliphatic carbocycles. The van der Waals surface area contributed by atoms with Gasteiger partial charge < -0.3 is 10.0 Å². The van der Waals surface area contributed by atoms with Crippen molar-refractivity contribution in [2.24, 2.45) is 17.8 Å². The molecule has 0 spiro atoms. The predicted octanol–water partition coefficient (Wildman–Crippen LogP) is 1.51. The molecule has 2 bridgehead atoms. The third-order valence-electron chi connectivity index (χ3n) is 3.84. The minimum Gasteiger partial charge on any atom is -0.481 e. The summed E-state index contributed by atoms with van der Waals surface area (Å²) < 4.78 is 37.0. The summed E-state index contributed by atoms with van der Waals surface area (Å²) in [5, 5.41) is 8.74. The summed E-state index contributed by atoms with van der Waals surface area (Å²) >= 11 is 0. The number of carbonyl (C=O) groups excluding carboxylic acids is 1. The third kappa shape index (κ3) is 2.59. The topological polar surface area (TPSA) is 57.6 Å². The molecule has 1 N–H and O–H groups in total. The Morgan fingerprint density at radius 3 is 2.44 bits per heavy atom. The summed E-state index contributed by atoms with van der Waals surface area (Å²) in [7, 11) is 0. The summed E-state index contributed by atoms with van der Waals surface area (Å²) in [4.78, 5) is 22.6. The van der Waals surface area contributed by atoms with Crippen LogP contribution in [0.1, 0.15) is 19.3 Å². The number of carbonyl (C=O) groups is 2. The maximum absolute atomic E-state index is 12.3. The van der Waals surface area contributed by atoms with Crippen molar-refractivity contribution in [2.75, 3.05) is 13.1 Å². The van der Waals surface area contributed by atoms with E-state index in [0.717, 1.165) is 11.3 Å². The number of alkyl halides is 3. The molecule has 0 aromatic heterocycles. The van der Waals surface area contributed by atoms with Gasteiger partial charge in [-0.3, -0.25) is 9.59 Å². The first-order valence-electron chi connectivity index (χ1n) is 5.85. The van der Waals surface area contributed by atoms with Crippen LogP contribution in [0.25, 0.3) is 0 Å². The van der Waals surface area contributed by atoms with Crippen molar-refractivity contribution in [1.82, 2.24) is 4.90 Å². The zero-order chi connectivity index (χ0) is 13.5. The lowest BCUT2D eigenvalue weighted by Gasteiger charge is -2.32. The van der Waals surface area contributed by atoms with Crippen LogP contribution in [0, 0.1) is 17.8 Å². The largest absolute Gasteiger partial charge is 0.481 e. The van der Waals surface area contributed by atoms with Crippen LogP contribution in [0.4, 0.5) is 13.2 Å². The third-order valence-corrected chi connectivity index (χ3v) is 3.84. The summed E-state index contributed by atoms with van der Waals surface area (Å²) in [6, 6.07) is 0. The van der Waals surface area contributed by atoms with Gasteiger partial charge in [0, 0.05) is 19.5 Å². The Hall–Kier alpha value is -1.27. The number of carboxylic acid groups (broad SMARTS) is 1. The number of aliphatic carboxylic acids is 1. The second kappa shape index (κ2) is 4.44. The lowest BCUT2D eigenvalue weighted by Crippen LogP contribution is -2.47. The van der Waals surface area contributed by atoms with E-state index < -0.39 is 18.1 Å². The fraction of sp³-hybridized carbons (Fsp3) is 0.818. The van der Waals surface area contributed by atoms with Gasteiger partial charge in [0.15, 0.2) is 0 Å². The number of amides is 1. The second-order valence-electron chi connectivity index (χ2n) is 5.16. The van der Waals surface area contributed by atoms with E-state index >= 15 is 0 Å². The Labute approximate surface area is 102 Å². The number of likely N-dealkylation sites (tertiary alicyclic amines) is 1. The highest BCUT2D eigenvalue weighted by Gasteiger charge is 2.48. The number of hydrogen-bond donors (Lipinski definition) is 1. The fourth-order valence-corrected chi connectivity index (χ4v) is 3.20. The van der Waals surface area contributed by atoms with E-state index in [9.17, 15) is 22.8 Å². The average Bonchev–Trinajstić information content (AvgIpc) is 2.50. The van der Waals surface area contributed by atoms with Gasteiger partial charge in [-0.25, -0.2) is 0 Å². The number of fused-ring (bicyclic) bond motifs is 2. The molecule has 1 saturated carbocycles. The molecule has 7 heteroatoms. The summed E-state index contributed by atoms with van der Waals surface area (Å²) in [5.41, 5.74) is 0. The van der Waals surface area contributed by atoms with Gasteiger partial charge in [-0.2, -0.15) is 13.2 Å². The van der Waals surface area contributed by atoms with E-state index in [1.807, 2.05) is 0 Å². The molecule has 2 rings (SSSR count). The molecule has 1 heterocycles. The van der Waals surface area contributed by atoms with Crippen LogP contribution < -0.4 is 0 Å². The van der Waals surface area contributed by atoms with Gasteiger partial charge in [-0.1, -0.05) is 0 Å². The molecular formula is C11H14F3NO3. The summed E-state index contributed by atoms with van der Waals surface area (Å²) in [6.45, 7) is 0.137. The van der Waals surface area contributed by atoms with E-state index in [1.165, 1.54) is 0 Å². The van der Waals surface area contributed by atoms with E-state index in [4.69, 9.17) is 5.11 Å². The molecule has 1 amide bonds. The Morgan fingerprint density at radius 2 is 1.89 bits per heavy atom. The van der Waals surface area contributed by atoms with Gasteiger partial charge in [0.05, 0.1) is 0 Å². The molecule has 2 fully saturated rings. The molecule has 18 heavy (non-hydrogen) atoms. The molecule has 1 saturated heterocycles. The standard InChI is InChI=1S/C11H14F3NO3/c12-11(13,14)10(18)15-4-6-1-7(3-9(16)17)8(2-6)5-15/h6-8H,1-5H2,(H,16,17)/t6-,7-,8+/m0/s1. The number of carboxylic acids is 1. The first-order chi connectivity index (χ1) is 8.27. The van der Waals surface area contributed by atoms with E-state index in [1.54, 1.807) is 0 Å². The monoisotopic (exact) mass is 265 g/mol. The number of halogens is 3. The predicted molar refractivity (Wildman–Crippen MR) is 54.6 cm³/mol. The molecule has 102 valence electrons. The zero-order valence-corrected chi connectivity index (χ0v) is 9.61. The quantitative estimate of drug-likeness (QED) is 0.823. The molecule has 0 aromatic rings. The average molecular weight is 265 g/mol. The maximum atomic E-state index is 12.3. The van der Waals surface area contributed by atoms with Crippen molar-refractivity contribution in [3.63, 3.8) is 0 Å². The maximum Gasteiger partial charge on any atom is 0.471 e. The van der Waals surface area contributed by atoms with Crippen LogP contribution in [-0.4, -0.2) is 41.1 Å². The lowest BCUT2D eigenvalue weighted by atomic mass is 9.92. The molecule has 0 unspecified atom stereocenters. The first-order valence-corrected chi connectivity index (χ1v) is 5.85. The Kier molecular flexibility index (Phi) is 3.25. The van der Waals surface area contributed by atoms with Crippen molar-refractivity contribution in [3.05, 3.63) is 0 Å². The van der Waals surface area contributed by atoms with Crippen molar-refractivity contribution in [3.8, 4) is 0 Å². The number of piperidine rings is 1. The molecule has 1 aliphatic heterocycles. The van der Waals surface area contributed by atoms with Crippen LogP contribution in [0.5, 0.6) is 0 Å². The van der Waals surface area contributed by atoms with Crippen LogP contribution in [0.15, 0.2) is 0 Å². The molecular weight excluding hydrogens is 251 g/mol. The van der Waals surface area contributed by atoms with Crippen molar-refractivity contribution < 1.29 is 27.9 Å². The van der Waals surface area contributed by atoms with E-state index in [0.29, 0.717) is 6.42 Å². The van der Waals surface area contributed by atoms with Crippen molar-refractivity contribution in [1.29, 1.82) is 0 Å². The number of rotatable bonds is 2. The number of hydrogen-bond acceptors (Lipinski definition) is 2. The van der Waals surface area contributed by atoms with Crippen LogP contribution in [-0.2, 0) is 9.59 Å². The number of nitrogens with zero attached hydrogens (tertiary/aromatic N) is 1. The van der Waals surface area contributed by atoms with Gasteiger partial charge in [0.2, 0.25) is 0 Å². The van der Waals surface area contributed by atoms with Gasteiger partial charge in [-0.15, -0.1) is 0 Å². The second-order valence-corrected chi connectivity index (χ2v) is 5.16. The molecule has 0 radical (unpaired) electrons. The fourth-order valence-electron chi connectivity index (χ4n) is 3.20. The SMILES string of the molecule is O=C(O)C[C@@H]1C[C@H]2C[C@@H]1CN(C(=O)C(F)(F)F)C2. The van der Waals surface area contributed by atoms with Crippen LogP contribution >= 0.6 is 0 Å². The highest BCUT2D eigenvalue weighted by atomic mass is 19.4. The minimum absolute atomic E-state index is 0.0133. The van der Waals surface area contributed by atoms with Crippen molar-refractivity contribution in [2.45, 2.75) is 25.4 Å². The van der Waals surface area contributed by atoms with Crippen LogP contribution in [0.3, 0.4) is 0 Å². The highest BCUT2D eigenvalue weighted by molar-refractivity contribution is 5.82.